The van der Waals surface area contributed by atoms with Gasteiger partial charge in [-0.05, 0) is 42.8 Å². The number of anilines is 1. The van der Waals surface area contributed by atoms with E-state index in [9.17, 15) is 14.4 Å². The molecule has 0 aliphatic rings. The predicted molar refractivity (Wildman–Crippen MR) is 106 cm³/mol. The molecule has 0 saturated carbocycles. The van der Waals surface area contributed by atoms with Crippen molar-refractivity contribution in [3.05, 3.63) is 50.1 Å². The SMILES string of the molecule is CC(=O)NCc1ccc(C(=O)N(C)CC(=O)Nc2ccc(Br)cc2C)s1. The molecule has 0 radical (unpaired) electrons. The monoisotopic (exact) mass is 437 g/mol. The molecule has 2 aromatic rings. The molecular weight excluding hydrogens is 418 g/mol. The number of rotatable bonds is 6. The lowest BCUT2D eigenvalue weighted by molar-refractivity contribution is -0.119. The molecule has 1 aromatic heterocycles. The van der Waals surface area contributed by atoms with Gasteiger partial charge in [-0.3, -0.25) is 14.4 Å². The summed E-state index contributed by atoms with van der Waals surface area (Å²) in [6.45, 7) is 3.68. The van der Waals surface area contributed by atoms with E-state index in [-0.39, 0.29) is 24.3 Å². The second-order valence-corrected chi connectivity index (χ2v) is 7.93. The highest BCUT2D eigenvalue weighted by Gasteiger charge is 2.17. The maximum absolute atomic E-state index is 12.5. The van der Waals surface area contributed by atoms with Crippen molar-refractivity contribution in [3.8, 4) is 0 Å². The van der Waals surface area contributed by atoms with Gasteiger partial charge in [0.1, 0.15) is 0 Å². The molecule has 26 heavy (non-hydrogen) atoms. The summed E-state index contributed by atoms with van der Waals surface area (Å²) in [6, 6.07) is 9.07. The molecular formula is C18H20BrN3O3S. The van der Waals surface area contributed by atoms with E-state index in [0.717, 1.165) is 14.9 Å². The first-order chi connectivity index (χ1) is 12.3. The third-order valence-corrected chi connectivity index (χ3v) is 5.14. The topological polar surface area (TPSA) is 78.5 Å². The van der Waals surface area contributed by atoms with Crippen molar-refractivity contribution < 1.29 is 14.4 Å². The Morgan fingerprint density at radius 1 is 1.19 bits per heavy atom. The van der Waals surface area contributed by atoms with Crippen molar-refractivity contribution in [2.24, 2.45) is 0 Å². The van der Waals surface area contributed by atoms with Crippen LogP contribution in [0.5, 0.6) is 0 Å². The number of hydrogen-bond donors (Lipinski definition) is 2. The molecule has 0 fully saturated rings. The summed E-state index contributed by atoms with van der Waals surface area (Å²) >= 11 is 4.68. The quantitative estimate of drug-likeness (QED) is 0.728. The summed E-state index contributed by atoms with van der Waals surface area (Å²) in [5, 5.41) is 5.51. The van der Waals surface area contributed by atoms with Crippen molar-refractivity contribution in [1.29, 1.82) is 0 Å². The van der Waals surface area contributed by atoms with Crippen LogP contribution in [0.4, 0.5) is 5.69 Å². The first-order valence-corrected chi connectivity index (χ1v) is 9.52. The largest absolute Gasteiger partial charge is 0.351 e. The highest BCUT2D eigenvalue weighted by Crippen LogP contribution is 2.20. The minimum Gasteiger partial charge on any atom is -0.351 e. The summed E-state index contributed by atoms with van der Waals surface area (Å²) in [5.41, 5.74) is 1.65. The molecule has 2 rings (SSSR count). The Hall–Kier alpha value is -2.19. The number of nitrogens with one attached hydrogen (secondary N) is 2. The molecule has 0 spiro atoms. The Morgan fingerprint density at radius 3 is 2.58 bits per heavy atom. The van der Waals surface area contributed by atoms with Crippen LogP contribution < -0.4 is 10.6 Å². The minimum atomic E-state index is -0.263. The molecule has 0 unspecified atom stereocenters. The van der Waals surface area contributed by atoms with Crippen molar-refractivity contribution in [2.75, 3.05) is 18.9 Å². The molecule has 0 aliphatic heterocycles. The van der Waals surface area contributed by atoms with Crippen LogP contribution in [0.25, 0.3) is 0 Å². The Kier molecular flexibility index (Phi) is 6.93. The summed E-state index contributed by atoms with van der Waals surface area (Å²) in [6.07, 6.45) is 0. The second-order valence-electron chi connectivity index (χ2n) is 5.84. The predicted octanol–water partition coefficient (Wildman–Crippen LogP) is 3.17. The van der Waals surface area contributed by atoms with E-state index >= 15 is 0 Å². The van der Waals surface area contributed by atoms with E-state index in [1.165, 1.54) is 23.2 Å². The van der Waals surface area contributed by atoms with E-state index in [0.29, 0.717) is 17.1 Å². The van der Waals surface area contributed by atoms with Crippen LogP contribution in [0, 0.1) is 6.92 Å². The Bertz CT molecular complexity index is 835. The van der Waals surface area contributed by atoms with Crippen LogP contribution in [0.2, 0.25) is 0 Å². The Labute approximate surface area is 164 Å². The first-order valence-electron chi connectivity index (χ1n) is 7.91. The van der Waals surface area contributed by atoms with Gasteiger partial charge in [0.15, 0.2) is 0 Å². The number of nitrogens with zero attached hydrogens (tertiary/aromatic N) is 1. The van der Waals surface area contributed by atoms with Crippen LogP contribution in [0.1, 0.15) is 27.0 Å². The standard InChI is InChI=1S/C18H20BrN3O3S/c1-11-8-13(19)4-6-15(11)21-17(24)10-22(3)18(25)16-7-5-14(26-16)9-20-12(2)23/h4-8H,9-10H2,1-3H3,(H,20,23)(H,21,24). The maximum atomic E-state index is 12.5. The molecule has 0 aliphatic carbocycles. The van der Waals surface area contributed by atoms with Crippen LogP contribution in [0.3, 0.4) is 0 Å². The maximum Gasteiger partial charge on any atom is 0.264 e. The smallest absolute Gasteiger partial charge is 0.264 e. The summed E-state index contributed by atoms with van der Waals surface area (Å²) in [5.74, 6) is -0.614. The van der Waals surface area contributed by atoms with E-state index < -0.39 is 0 Å². The normalized spacial score (nSPS) is 10.3. The van der Waals surface area contributed by atoms with E-state index in [2.05, 4.69) is 26.6 Å². The fraction of sp³-hybridized carbons (Fsp3) is 0.278. The molecule has 0 bridgehead atoms. The van der Waals surface area contributed by atoms with E-state index in [1.54, 1.807) is 19.2 Å². The number of carbonyl (C=O) groups is 3. The fourth-order valence-electron chi connectivity index (χ4n) is 2.23. The lowest BCUT2D eigenvalue weighted by atomic mass is 10.2. The van der Waals surface area contributed by atoms with Crippen molar-refractivity contribution >= 4 is 50.7 Å². The fourth-order valence-corrected chi connectivity index (χ4v) is 3.65. The molecule has 0 saturated heterocycles. The van der Waals surface area contributed by atoms with E-state index in [4.69, 9.17) is 0 Å². The van der Waals surface area contributed by atoms with Gasteiger partial charge in [-0.1, -0.05) is 15.9 Å². The number of thiophene rings is 1. The molecule has 2 N–H and O–H groups in total. The number of benzene rings is 1. The van der Waals surface area contributed by atoms with Gasteiger partial charge in [-0.15, -0.1) is 11.3 Å². The van der Waals surface area contributed by atoms with Crippen LogP contribution in [-0.4, -0.2) is 36.2 Å². The Morgan fingerprint density at radius 2 is 1.92 bits per heavy atom. The summed E-state index contributed by atoms with van der Waals surface area (Å²) in [4.78, 5) is 38.4. The number of amides is 3. The number of aryl methyl sites for hydroxylation is 1. The van der Waals surface area contributed by atoms with Gasteiger partial charge in [-0.25, -0.2) is 0 Å². The van der Waals surface area contributed by atoms with Crippen molar-refractivity contribution in [2.45, 2.75) is 20.4 Å². The van der Waals surface area contributed by atoms with Gasteiger partial charge in [0.05, 0.1) is 18.0 Å². The van der Waals surface area contributed by atoms with Crippen LogP contribution in [-0.2, 0) is 16.1 Å². The molecule has 6 nitrogen and oxygen atoms in total. The first kappa shape index (κ1) is 20.1. The third-order valence-electron chi connectivity index (χ3n) is 3.57. The number of likely N-dealkylation sites (N-methyl/N-ethyl adjacent to an activating group) is 1. The molecule has 1 aromatic carbocycles. The van der Waals surface area contributed by atoms with Crippen molar-refractivity contribution in [1.82, 2.24) is 10.2 Å². The lowest BCUT2D eigenvalue weighted by Gasteiger charge is -2.16. The van der Waals surface area contributed by atoms with Crippen molar-refractivity contribution in [3.63, 3.8) is 0 Å². The average Bonchev–Trinajstić information content (AvgIpc) is 3.03. The van der Waals surface area contributed by atoms with Gasteiger partial charge in [0.2, 0.25) is 11.8 Å². The molecule has 3 amide bonds. The van der Waals surface area contributed by atoms with Gasteiger partial charge < -0.3 is 15.5 Å². The lowest BCUT2D eigenvalue weighted by Crippen LogP contribution is -2.34. The molecule has 138 valence electrons. The molecule has 0 atom stereocenters. The van der Waals surface area contributed by atoms with Gasteiger partial charge >= 0.3 is 0 Å². The zero-order valence-corrected chi connectivity index (χ0v) is 17.2. The zero-order valence-electron chi connectivity index (χ0n) is 14.8. The third kappa shape index (κ3) is 5.67. The zero-order chi connectivity index (χ0) is 19.3. The van der Waals surface area contributed by atoms with Gasteiger partial charge in [0.25, 0.3) is 5.91 Å². The number of halogens is 1. The summed E-state index contributed by atoms with van der Waals surface area (Å²) in [7, 11) is 1.59. The minimum absolute atomic E-state index is 0.0483. The van der Waals surface area contributed by atoms with Crippen LogP contribution in [0.15, 0.2) is 34.8 Å². The Balaban J connectivity index is 1.93. The molecule has 1 heterocycles. The molecule has 8 heteroatoms. The number of carbonyl (C=O) groups excluding carboxylic acids is 3. The highest BCUT2D eigenvalue weighted by atomic mass is 79.9. The highest BCUT2D eigenvalue weighted by molar-refractivity contribution is 9.10. The number of hydrogen-bond acceptors (Lipinski definition) is 4. The second kappa shape index (κ2) is 8.95. The van der Waals surface area contributed by atoms with Crippen LogP contribution >= 0.6 is 27.3 Å². The van der Waals surface area contributed by atoms with Gasteiger partial charge in [-0.2, -0.15) is 0 Å². The average molecular weight is 438 g/mol. The van der Waals surface area contributed by atoms with E-state index in [1.807, 2.05) is 25.1 Å². The summed E-state index contributed by atoms with van der Waals surface area (Å²) < 4.78 is 0.938. The van der Waals surface area contributed by atoms with Gasteiger partial charge in [0, 0.05) is 29.0 Å².